The fraction of sp³-hybridized carbons (Fsp3) is 0.538. The monoisotopic (exact) mass is 376 g/mol. The van der Waals surface area contributed by atoms with E-state index in [0.29, 0.717) is 11.5 Å². The molecule has 0 aliphatic heterocycles. The van der Waals surface area contributed by atoms with Crippen LogP contribution in [0.2, 0.25) is 0 Å². The van der Waals surface area contributed by atoms with E-state index in [9.17, 15) is 10.2 Å². The van der Waals surface area contributed by atoms with Gasteiger partial charge in [-0.05, 0) is 74.3 Å². The number of phenols is 2. The van der Waals surface area contributed by atoms with Gasteiger partial charge < -0.3 is 10.2 Å². The number of phenolic OH excluding ortho intramolecular Hbond substituents is 2. The molecule has 148 valence electrons. The molecule has 0 unspecified atom stereocenters. The van der Waals surface area contributed by atoms with Crippen molar-refractivity contribution in [1.29, 1.82) is 0 Å². The standard InChI is InChI=1S/C26H32O2/c1-17-7-5-9-19(21(17)27)25-12-23(3)11-24(4,13-25)15-26(14-23,16-25)20-10-6-8-18(2)22(20)28/h5-10,27-28H,11-16H2,1-4H3. The highest BCUT2D eigenvalue weighted by Gasteiger charge is 2.67. The third-order valence-corrected chi connectivity index (χ3v) is 8.21. The molecule has 4 aliphatic carbocycles. The van der Waals surface area contributed by atoms with Gasteiger partial charge in [0.05, 0.1) is 0 Å². The summed E-state index contributed by atoms with van der Waals surface area (Å²) < 4.78 is 0. The normalized spacial score (nSPS) is 38.7. The number of hydrogen-bond acceptors (Lipinski definition) is 2. The molecular formula is C26H32O2. The van der Waals surface area contributed by atoms with Crippen LogP contribution in [0.5, 0.6) is 11.5 Å². The minimum atomic E-state index is -0.00939. The highest BCUT2D eigenvalue weighted by atomic mass is 16.3. The molecule has 28 heavy (non-hydrogen) atoms. The van der Waals surface area contributed by atoms with E-state index in [0.717, 1.165) is 54.4 Å². The van der Waals surface area contributed by atoms with Crippen LogP contribution in [0, 0.1) is 24.7 Å². The lowest BCUT2D eigenvalue weighted by atomic mass is 9.34. The second-order valence-corrected chi connectivity index (χ2v) is 11.2. The molecule has 0 radical (unpaired) electrons. The van der Waals surface area contributed by atoms with Crippen LogP contribution in [0.15, 0.2) is 36.4 Å². The molecule has 2 aromatic rings. The molecule has 4 saturated carbocycles. The Labute approximate surface area is 168 Å². The van der Waals surface area contributed by atoms with Gasteiger partial charge in [-0.2, -0.15) is 0 Å². The summed E-state index contributed by atoms with van der Waals surface area (Å²) in [5.74, 6) is 0.973. The van der Waals surface area contributed by atoms with Crippen molar-refractivity contribution in [3.8, 4) is 11.5 Å². The molecule has 0 spiro atoms. The molecule has 2 aromatic carbocycles. The van der Waals surface area contributed by atoms with Gasteiger partial charge in [-0.25, -0.2) is 0 Å². The number of aryl methyl sites for hydroxylation is 2. The number of benzene rings is 2. The Kier molecular flexibility index (Phi) is 3.45. The van der Waals surface area contributed by atoms with E-state index < -0.39 is 0 Å². The maximum atomic E-state index is 11.0. The lowest BCUT2D eigenvalue weighted by Crippen LogP contribution is -2.62. The molecule has 0 amide bonds. The second-order valence-electron chi connectivity index (χ2n) is 11.2. The minimum absolute atomic E-state index is 0.00939. The van der Waals surface area contributed by atoms with E-state index in [1.165, 1.54) is 6.42 Å². The Morgan fingerprint density at radius 2 is 1.00 bits per heavy atom. The molecule has 2 nitrogen and oxygen atoms in total. The van der Waals surface area contributed by atoms with E-state index in [2.05, 4.69) is 38.1 Å². The van der Waals surface area contributed by atoms with Crippen LogP contribution in [-0.4, -0.2) is 10.2 Å². The quantitative estimate of drug-likeness (QED) is 0.647. The van der Waals surface area contributed by atoms with Gasteiger partial charge in [0.2, 0.25) is 0 Å². The van der Waals surface area contributed by atoms with Crippen LogP contribution in [0.25, 0.3) is 0 Å². The molecular weight excluding hydrogens is 344 g/mol. The molecule has 4 bridgehead atoms. The van der Waals surface area contributed by atoms with Gasteiger partial charge in [-0.1, -0.05) is 50.2 Å². The Morgan fingerprint density at radius 1 is 0.607 bits per heavy atom. The summed E-state index contributed by atoms with van der Waals surface area (Å²) in [6.07, 6.45) is 6.84. The van der Waals surface area contributed by atoms with Crippen molar-refractivity contribution < 1.29 is 10.2 Å². The predicted molar refractivity (Wildman–Crippen MR) is 113 cm³/mol. The van der Waals surface area contributed by atoms with E-state index in [1.54, 1.807) is 0 Å². The van der Waals surface area contributed by atoms with Crippen LogP contribution in [0.1, 0.15) is 74.6 Å². The molecule has 0 heterocycles. The highest BCUT2D eigenvalue weighted by Crippen LogP contribution is 2.75. The molecule has 6 rings (SSSR count). The number of hydrogen-bond donors (Lipinski definition) is 2. The molecule has 4 fully saturated rings. The van der Waals surface area contributed by atoms with Crippen LogP contribution in [-0.2, 0) is 10.8 Å². The summed E-state index contributed by atoms with van der Waals surface area (Å²) in [6, 6.07) is 12.5. The zero-order valence-corrected chi connectivity index (χ0v) is 17.6. The van der Waals surface area contributed by atoms with Crippen molar-refractivity contribution in [3.05, 3.63) is 58.7 Å². The van der Waals surface area contributed by atoms with Crippen molar-refractivity contribution in [2.75, 3.05) is 0 Å². The molecule has 4 aliphatic rings. The maximum absolute atomic E-state index is 11.0. The van der Waals surface area contributed by atoms with Gasteiger partial charge in [-0.15, -0.1) is 0 Å². The topological polar surface area (TPSA) is 40.5 Å². The first-order valence-electron chi connectivity index (χ1n) is 10.7. The Bertz CT molecular complexity index is 881. The second kappa shape index (κ2) is 5.34. The SMILES string of the molecule is Cc1cccc(C23CC4(C)CC(C)(C2)CC(c2cccc(C)c2O)(C4)C3)c1O. The first-order chi connectivity index (χ1) is 13.1. The smallest absolute Gasteiger partial charge is 0.122 e. The molecule has 2 heteroatoms. The molecule has 0 aromatic heterocycles. The molecule has 0 saturated heterocycles. The number of para-hydroxylation sites is 2. The lowest BCUT2D eigenvalue weighted by molar-refractivity contribution is -0.127. The minimum Gasteiger partial charge on any atom is -0.507 e. The van der Waals surface area contributed by atoms with Crippen LogP contribution < -0.4 is 0 Å². The third-order valence-electron chi connectivity index (χ3n) is 8.21. The van der Waals surface area contributed by atoms with Crippen molar-refractivity contribution in [3.63, 3.8) is 0 Å². The summed E-state index contributed by atoms with van der Waals surface area (Å²) in [7, 11) is 0. The van der Waals surface area contributed by atoms with Crippen LogP contribution in [0.3, 0.4) is 0 Å². The zero-order chi connectivity index (χ0) is 19.9. The number of aromatic hydroxyl groups is 2. The van der Waals surface area contributed by atoms with E-state index >= 15 is 0 Å². The first-order valence-corrected chi connectivity index (χ1v) is 10.7. The Hall–Kier alpha value is -1.96. The van der Waals surface area contributed by atoms with Crippen LogP contribution in [0.4, 0.5) is 0 Å². The van der Waals surface area contributed by atoms with E-state index in [1.807, 2.05) is 26.0 Å². The van der Waals surface area contributed by atoms with E-state index in [4.69, 9.17) is 0 Å². The summed E-state index contributed by atoms with van der Waals surface area (Å²) in [4.78, 5) is 0. The van der Waals surface area contributed by atoms with Crippen molar-refractivity contribution >= 4 is 0 Å². The largest absolute Gasteiger partial charge is 0.507 e. The van der Waals surface area contributed by atoms with Gasteiger partial charge >= 0.3 is 0 Å². The fourth-order valence-electron chi connectivity index (χ4n) is 8.44. The van der Waals surface area contributed by atoms with Gasteiger partial charge in [0.25, 0.3) is 0 Å². The van der Waals surface area contributed by atoms with Crippen molar-refractivity contribution in [2.45, 2.75) is 77.0 Å². The van der Waals surface area contributed by atoms with Gasteiger partial charge in [0, 0.05) is 22.0 Å². The Balaban J connectivity index is 1.74. The average Bonchev–Trinajstić information content (AvgIpc) is 2.56. The van der Waals surface area contributed by atoms with Gasteiger partial charge in [0.15, 0.2) is 0 Å². The van der Waals surface area contributed by atoms with Crippen molar-refractivity contribution in [1.82, 2.24) is 0 Å². The summed E-state index contributed by atoms with van der Waals surface area (Å²) in [6.45, 7) is 8.91. The first kappa shape index (κ1) is 18.1. The summed E-state index contributed by atoms with van der Waals surface area (Å²) in [5.41, 5.74) is 4.69. The van der Waals surface area contributed by atoms with Gasteiger partial charge in [-0.3, -0.25) is 0 Å². The highest BCUT2D eigenvalue weighted by molar-refractivity contribution is 5.51. The number of rotatable bonds is 2. The van der Waals surface area contributed by atoms with Crippen LogP contribution >= 0.6 is 0 Å². The Morgan fingerprint density at radius 3 is 1.39 bits per heavy atom. The van der Waals surface area contributed by atoms with E-state index in [-0.39, 0.29) is 21.7 Å². The zero-order valence-electron chi connectivity index (χ0n) is 17.6. The molecule has 0 atom stereocenters. The average molecular weight is 377 g/mol. The van der Waals surface area contributed by atoms with Crippen molar-refractivity contribution in [2.24, 2.45) is 10.8 Å². The third kappa shape index (κ3) is 2.33. The molecule has 2 N–H and O–H groups in total. The maximum Gasteiger partial charge on any atom is 0.122 e. The summed E-state index contributed by atoms with van der Waals surface area (Å²) in [5, 5.41) is 22.1. The fourth-order valence-corrected chi connectivity index (χ4v) is 8.44. The predicted octanol–water partition coefficient (Wildman–Crippen LogP) is 6.28. The lowest BCUT2D eigenvalue weighted by Gasteiger charge is -2.70. The summed E-state index contributed by atoms with van der Waals surface area (Å²) >= 11 is 0. The van der Waals surface area contributed by atoms with Gasteiger partial charge in [0.1, 0.15) is 11.5 Å².